The molecule has 0 aliphatic heterocycles. The van der Waals surface area contributed by atoms with Gasteiger partial charge >= 0.3 is 0 Å². The van der Waals surface area contributed by atoms with Gasteiger partial charge in [-0.2, -0.15) is 0 Å². The summed E-state index contributed by atoms with van der Waals surface area (Å²) in [4.78, 5) is 7.03. The van der Waals surface area contributed by atoms with Crippen LogP contribution in [-0.4, -0.2) is 16.5 Å². The van der Waals surface area contributed by atoms with Crippen molar-refractivity contribution in [1.29, 1.82) is 0 Å². The van der Waals surface area contributed by atoms with E-state index in [4.69, 9.17) is 0 Å². The van der Waals surface area contributed by atoms with Gasteiger partial charge in [0.1, 0.15) is 17.2 Å². The predicted molar refractivity (Wildman–Crippen MR) is 60.4 cm³/mol. The van der Waals surface area contributed by atoms with Crippen molar-refractivity contribution >= 4 is 11.0 Å². The number of rotatable bonds is 4. The first-order chi connectivity index (χ1) is 8.22. The first-order valence-electron chi connectivity index (χ1n) is 5.77. The lowest BCUT2D eigenvalue weighted by Gasteiger charge is -1.98. The monoisotopic (exact) mass is 237 g/mol. The summed E-state index contributed by atoms with van der Waals surface area (Å²) in [6.45, 7) is 1.53. The van der Waals surface area contributed by atoms with Gasteiger partial charge in [0.25, 0.3) is 0 Å². The molecule has 3 rings (SSSR count). The second kappa shape index (κ2) is 4.07. The van der Waals surface area contributed by atoms with E-state index >= 15 is 0 Å². The Morgan fingerprint density at radius 2 is 2.18 bits per heavy atom. The van der Waals surface area contributed by atoms with Crippen LogP contribution in [0, 0.1) is 17.6 Å². The largest absolute Gasteiger partial charge is 0.341 e. The van der Waals surface area contributed by atoms with E-state index in [0.29, 0.717) is 17.9 Å². The molecule has 0 bridgehead atoms. The minimum Gasteiger partial charge on any atom is -0.341 e. The number of nitrogens with zero attached hydrogens (tertiary/aromatic N) is 1. The zero-order valence-electron chi connectivity index (χ0n) is 9.26. The van der Waals surface area contributed by atoms with Gasteiger partial charge in [0.05, 0.1) is 12.1 Å². The average molecular weight is 237 g/mol. The lowest BCUT2D eigenvalue weighted by Crippen LogP contribution is -2.16. The molecule has 1 aliphatic rings. The van der Waals surface area contributed by atoms with Crippen molar-refractivity contribution in [1.82, 2.24) is 15.3 Å². The molecule has 0 atom stereocenters. The molecule has 0 spiro atoms. The van der Waals surface area contributed by atoms with Crippen molar-refractivity contribution < 1.29 is 8.78 Å². The van der Waals surface area contributed by atoms with Crippen molar-refractivity contribution in [2.24, 2.45) is 5.92 Å². The predicted octanol–water partition coefficient (Wildman–Crippen LogP) is 2.34. The Balaban J connectivity index is 1.77. The van der Waals surface area contributed by atoms with Crippen LogP contribution < -0.4 is 5.32 Å². The van der Waals surface area contributed by atoms with E-state index in [9.17, 15) is 8.78 Å². The number of imidazole rings is 1. The summed E-state index contributed by atoms with van der Waals surface area (Å²) >= 11 is 0. The van der Waals surface area contributed by atoms with Crippen LogP contribution in [0.4, 0.5) is 8.78 Å². The highest BCUT2D eigenvalue weighted by Crippen LogP contribution is 2.27. The van der Waals surface area contributed by atoms with Gasteiger partial charge in [-0.05, 0) is 31.4 Å². The van der Waals surface area contributed by atoms with Gasteiger partial charge in [-0.3, -0.25) is 0 Å². The summed E-state index contributed by atoms with van der Waals surface area (Å²) in [7, 11) is 0. The van der Waals surface area contributed by atoms with Crippen LogP contribution in [0.3, 0.4) is 0 Å². The zero-order valence-corrected chi connectivity index (χ0v) is 9.26. The van der Waals surface area contributed by atoms with Gasteiger partial charge in [-0.1, -0.05) is 0 Å². The first kappa shape index (κ1) is 10.7. The second-order valence-electron chi connectivity index (χ2n) is 4.54. The van der Waals surface area contributed by atoms with E-state index in [2.05, 4.69) is 15.3 Å². The van der Waals surface area contributed by atoms with Crippen LogP contribution in [0.2, 0.25) is 0 Å². The maximum absolute atomic E-state index is 13.4. The molecular weight excluding hydrogens is 224 g/mol. The molecule has 1 saturated carbocycles. The van der Waals surface area contributed by atoms with Crippen LogP contribution >= 0.6 is 0 Å². The van der Waals surface area contributed by atoms with Crippen LogP contribution in [-0.2, 0) is 6.54 Å². The summed E-state index contributed by atoms with van der Waals surface area (Å²) in [5, 5.41) is 3.25. The normalized spacial score (nSPS) is 15.6. The number of halogens is 2. The fourth-order valence-corrected chi connectivity index (χ4v) is 1.89. The van der Waals surface area contributed by atoms with Crippen LogP contribution in [0.1, 0.15) is 18.7 Å². The second-order valence-corrected chi connectivity index (χ2v) is 4.54. The van der Waals surface area contributed by atoms with E-state index in [1.807, 2.05) is 0 Å². The number of benzene rings is 1. The van der Waals surface area contributed by atoms with Gasteiger partial charge in [0.15, 0.2) is 5.82 Å². The molecule has 5 heteroatoms. The summed E-state index contributed by atoms with van der Waals surface area (Å²) in [5.41, 5.74) is 0.611. The summed E-state index contributed by atoms with van der Waals surface area (Å²) in [5.74, 6) is 0.222. The number of aromatic nitrogens is 2. The Morgan fingerprint density at radius 3 is 2.94 bits per heavy atom. The lowest BCUT2D eigenvalue weighted by atomic mass is 10.3. The summed E-state index contributed by atoms with van der Waals surface area (Å²) < 4.78 is 26.3. The highest BCUT2D eigenvalue weighted by atomic mass is 19.1. The number of nitrogens with one attached hydrogen (secondary N) is 2. The Bertz CT molecular complexity index is 546. The quantitative estimate of drug-likeness (QED) is 0.856. The first-order valence-corrected chi connectivity index (χ1v) is 5.77. The van der Waals surface area contributed by atoms with Crippen molar-refractivity contribution in [3.8, 4) is 0 Å². The highest BCUT2D eigenvalue weighted by molar-refractivity contribution is 5.75. The molecule has 0 amide bonds. The molecule has 1 fully saturated rings. The van der Waals surface area contributed by atoms with Gasteiger partial charge in [-0.15, -0.1) is 0 Å². The third kappa shape index (κ3) is 2.29. The van der Waals surface area contributed by atoms with E-state index in [-0.39, 0.29) is 5.52 Å². The van der Waals surface area contributed by atoms with E-state index in [1.165, 1.54) is 18.9 Å². The lowest BCUT2D eigenvalue weighted by molar-refractivity contribution is 0.590. The SMILES string of the molecule is Fc1cc(F)c2nc(CNCC3CC3)[nH]c2c1. The highest BCUT2D eigenvalue weighted by Gasteiger charge is 2.20. The van der Waals surface area contributed by atoms with Gasteiger partial charge < -0.3 is 10.3 Å². The molecule has 90 valence electrons. The standard InChI is InChI=1S/C12H13F2N3/c13-8-3-9(14)12-10(4-8)16-11(17-12)6-15-5-7-1-2-7/h3-4,7,15H,1-2,5-6H2,(H,16,17). The average Bonchev–Trinajstić information content (AvgIpc) is 2.98. The number of fused-ring (bicyclic) bond motifs is 1. The summed E-state index contributed by atoms with van der Waals surface area (Å²) in [6, 6.07) is 2.11. The molecule has 0 saturated heterocycles. The van der Waals surface area contributed by atoms with Crippen LogP contribution in [0.25, 0.3) is 11.0 Å². The smallest absolute Gasteiger partial charge is 0.153 e. The Morgan fingerprint density at radius 1 is 1.35 bits per heavy atom. The minimum atomic E-state index is -0.621. The number of aromatic amines is 1. The van der Waals surface area contributed by atoms with Crippen molar-refractivity contribution in [2.75, 3.05) is 6.54 Å². The fraction of sp³-hybridized carbons (Fsp3) is 0.417. The topological polar surface area (TPSA) is 40.7 Å². The van der Waals surface area contributed by atoms with Gasteiger partial charge in [0.2, 0.25) is 0 Å². The van der Waals surface area contributed by atoms with Crippen molar-refractivity contribution in [2.45, 2.75) is 19.4 Å². The Kier molecular flexibility index (Phi) is 2.55. The molecule has 1 aromatic heterocycles. The summed E-state index contributed by atoms with van der Waals surface area (Å²) in [6.07, 6.45) is 2.57. The van der Waals surface area contributed by atoms with Gasteiger partial charge in [0, 0.05) is 6.07 Å². The molecule has 1 aromatic carbocycles. The molecule has 3 nitrogen and oxygen atoms in total. The van der Waals surface area contributed by atoms with Gasteiger partial charge in [-0.25, -0.2) is 13.8 Å². The molecule has 2 N–H and O–H groups in total. The molecule has 17 heavy (non-hydrogen) atoms. The van der Waals surface area contributed by atoms with Crippen LogP contribution in [0.15, 0.2) is 12.1 Å². The van der Waals surface area contributed by atoms with E-state index < -0.39 is 11.6 Å². The van der Waals surface area contributed by atoms with E-state index in [1.54, 1.807) is 0 Å². The molecule has 2 aromatic rings. The maximum atomic E-state index is 13.4. The minimum absolute atomic E-state index is 0.203. The fourth-order valence-electron chi connectivity index (χ4n) is 1.89. The van der Waals surface area contributed by atoms with E-state index in [0.717, 1.165) is 18.5 Å². The Hall–Kier alpha value is -1.49. The molecular formula is C12H13F2N3. The van der Waals surface area contributed by atoms with Crippen molar-refractivity contribution in [3.63, 3.8) is 0 Å². The van der Waals surface area contributed by atoms with Crippen molar-refractivity contribution in [3.05, 3.63) is 29.6 Å². The molecule has 0 unspecified atom stereocenters. The Labute approximate surface area is 97.2 Å². The third-order valence-corrected chi connectivity index (χ3v) is 2.98. The molecule has 1 heterocycles. The number of hydrogen-bond donors (Lipinski definition) is 2. The number of hydrogen-bond acceptors (Lipinski definition) is 2. The molecule has 1 aliphatic carbocycles. The zero-order chi connectivity index (χ0) is 11.8. The maximum Gasteiger partial charge on any atom is 0.153 e. The molecule has 0 radical (unpaired) electrons. The van der Waals surface area contributed by atoms with Crippen LogP contribution in [0.5, 0.6) is 0 Å². The third-order valence-electron chi connectivity index (χ3n) is 2.98. The number of H-pyrrole nitrogens is 1.